The van der Waals surface area contributed by atoms with Crippen molar-refractivity contribution in [3.63, 3.8) is 0 Å². The molecule has 1 aromatic heterocycles. The highest BCUT2D eigenvalue weighted by molar-refractivity contribution is 6.01. The second-order valence-electron chi connectivity index (χ2n) is 4.48. The molecule has 1 fully saturated rings. The lowest BCUT2D eigenvalue weighted by molar-refractivity contribution is 0.112. The Morgan fingerprint density at radius 3 is 2.65 bits per heavy atom. The van der Waals surface area contributed by atoms with Gasteiger partial charge in [-0.2, -0.15) is 0 Å². The minimum atomic E-state index is 0.697. The number of rotatable bonds is 2. The van der Waals surface area contributed by atoms with Crippen molar-refractivity contribution < 1.29 is 9.21 Å². The number of hydrogen-bond acceptors (Lipinski definition) is 3. The summed E-state index contributed by atoms with van der Waals surface area (Å²) in [4.78, 5) is 13.4. The molecular formula is C14H15NO2. The zero-order valence-corrected chi connectivity index (χ0v) is 9.69. The van der Waals surface area contributed by atoms with Crippen LogP contribution in [0.2, 0.25) is 0 Å². The van der Waals surface area contributed by atoms with Gasteiger partial charge in [0.05, 0.1) is 5.56 Å². The highest BCUT2D eigenvalue weighted by Gasteiger charge is 2.20. The van der Waals surface area contributed by atoms with Gasteiger partial charge in [-0.05, 0) is 25.3 Å². The summed E-state index contributed by atoms with van der Waals surface area (Å²) < 4.78 is 5.82. The van der Waals surface area contributed by atoms with Crippen LogP contribution < -0.4 is 4.90 Å². The Bertz CT molecular complexity index is 538. The van der Waals surface area contributed by atoms with E-state index in [-0.39, 0.29) is 0 Å². The molecule has 2 aromatic rings. The van der Waals surface area contributed by atoms with E-state index in [2.05, 4.69) is 4.90 Å². The van der Waals surface area contributed by atoms with Gasteiger partial charge in [0.25, 0.3) is 0 Å². The summed E-state index contributed by atoms with van der Waals surface area (Å²) in [6.45, 7) is 1.97. The zero-order valence-electron chi connectivity index (χ0n) is 9.69. The zero-order chi connectivity index (χ0) is 11.7. The summed E-state index contributed by atoms with van der Waals surface area (Å²) in [6, 6.07) is 7.72. The molecule has 1 aliphatic rings. The molecular weight excluding hydrogens is 214 g/mol. The quantitative estimate of drug-likeness (QED) is 0.741. The van der Waals surface area contributed by atoms with Crippen LogP contribution >= 0.6 is 0 Å². The van der Waals surface area contributed by atoms with Crippen molar-refractivity contribution in [3.05, 3.63) is 29.8 Å². The van der Waals surface area contributed by atoms with Gasteiger partial charge in [-0.15, -0.1) is 0 Å². The van der Waals surface area contributed by atoms with E-state index in [1.165, 1.54) is 19.3 Å². The molecule has 0 aliphatic carbocycles. The van der Waals surface area contributed by atoms with E-state index in [4.69, 9.17) is 4.42 Å². The summed E-state index contributed by atoms with van der Waals surface area (Å²) in [7, 11) is 0. The lowest BCUT2D eigenvalue weighted by Crippen LogP contribution is -2.29. The molecule has 88 valence electrons. The van der Waals surface area contributed by atoms with Crippen LogP contribution in [-0.2, 0) is 0 Å². The minimum Gasteiger partial charge on any atom is -0.440 e. The molecule has 0 atom stereocenters. The Labute approximate surface area is 100 Å². The second-order valence-corrected chi connectivity index (χ2v) is 4.48. The second kappa shape index (κ2) is 4.24. The molecule has 1 aliphatic heterocycles. The molecule has 0 N–H and O–H groups in total. The van der Waals surface area contributed by atoms with Gasteiger partial charge in [0.1, 0.15) is 5.58 Å². The lowest BCUT2D eigenvalue weighted by Gasteiger charge is -2.26. The van der Waals surface area contributed by atoms with Gasteiger partial charge in [0.2, 0.25) is 5.88 Å². The van der Waals surface area contributed by atoms with E-state index in [9.17, 15) is 4.79 Å². The molecule has 3 nitrogen and oxygen atoms in total. The van der Waals surface area contributed by atoms with E-state index in [1.54, 1.807) is 0 Å². The van der Waals surface area contributed by atoms with Gasteiger partial charge < -0.3 is 9.32 Å². The third-order valence-corrected chi connectivity index (χ3v) is 3.38. The number of carbonyl (C=O) groups is 1. The van der Waals surface area contributed by atoms with Crippen LogP contribution in [0.5, 0.6) is 0 Å². The number of benzene rings is 1. The third kappa shape index (κ3) is 1.71. The Kier molecular flexibility index (Phi) is 2.59. The molecule has 0 saturated carbocycles. The number of furan rings is 1. The van der Waals surface area contributed by atoms with Gasteiger partial charge in [-0.25, -0.2) is 0 Å². The van der Waals surface area contributed by atoms with Crippen molar-refractivity contribution in [2.45, 2.75) is 19.3 Å². The summed E-state index contributed by atoms with van der Waals surface area (Å²) in [5.41, 5.74) is 1.50. The van der Waals surface area contributed by atoms with E-state index >= 15 is 0 Å². The van der Waals surface area contributed by atoms with Crippen molar-refractivity contribution >= 4 is 23.1 Å². The Morgan fingerprint density at radius 2 is 1.88 bits per heavy atom. The van der Waals surface area contributed by atoms with E-state index in [0.29, 0.717) is 5.56 Å². The van der Waals surface area contributed by atoms with Crippen LogP contribution in [-0.4, -0.2) is 19.4 Å². The van der Waals surface area contributed by atoms with Crippen LogP contribution in [0.25, 0.3) is 11.0 Å². The molecule has 0 amide bonds. The number of aldehydes is 1. The SMILES string of the molecule is O=Cc1c(N2CCCCC2)oc2ccccc12. The highest BCUT2D eigenvalue weighted by Crippen LogP contribution is 2.32. The highest BCUT2D eigenvalue weighted by atomic mass is 16.4. The number of fused-ring (bicyclic) bond motifs is 1. The lowest BCUT2D eigenvalue weighted by atomic mass is 10.1. The molecule has 0 radical (unpaired) electrons. The predicted octanol–water partition coefficient (Wildman–Crippen LogP) is 3.24. The Balaban J connectivity index is 2.11. The van der Waals surface area contributed by atoms with Gasteiger partial charge in [-0.1, -0.05) is 18.2 Å². The maximum absolute atomic E-state index is 11.3. The summed E-state index contributed by atoms with van der Waals surface area (Å²) in [6.07, 6.45) is 4.54. The number of anilines is 1. The van der Waals surface area contributed by atoms with E-state index < -0.39 is 0 Å². The predicted molar refractivity (Wildman–Crippen MR) is 67.7 cm³/mol. The van der Waals surface area contributed by atoms with Crippen LogP contribution in [0.4, 0.5) is 5.88 Å². The maximum Gasteiger partial charge on any atom is 0.207 e. The average Bonchev–Trinajstić information content (AvgIpc) is 2.78. The van der Waals surface area contributed by atoms with Crippen molar-refractivity contribution in [1.82, 2.24) is 0 Å². The molecule has 2 heterocycles. The normalized spacial score (nSPS) is 16.4. The maximum atomic E-state index is 11.3. The number of piperidine rings is 1. The molecule has 0 bridgehead atoms. The monoisotopic (exact) mass is 229 g/mol. The van der Waals surface area contributed by atoms with Crippen molar-refractivity contribution in [3.8, 4) is 0 Å². The average molecular weight is 229 g/mol. The molecule has 0 spiro atoms. The Morgan fingerprint density at radius 1 is 1.12 bits per heavy atom. The van der Waals surface area contributed by atoms with Gasteiger partial charge in [0.15, 0.2) is 6.29 Å². The third-order valence-electron chi connectivity index (χ3n) is 3.38. The standard InChI is InChI=1S/C14H15NO2/c16-10-12-11-6-2-3-7-13(11)17-14(12)15-8-4-1-5-9-15/h2-3,6-7,10H,1,4-5,8-9H2. The number of hydrogen-bond donors (Lipinski definition) is 0. The number of para-hydroxylation sites is 1. The van der Waals surface area contributed by atoms with Gasteiger partial charge in [0, 0.05) is 18.5 Å². The van der Waals surface area contributed by atoms with Crippen LogP contribution in [0.1, 0.15) is 29.6 Å². The first kappa shape index (κ1) is 10.4. The van der Waals surface area contributed by atoms with E-state index in [0.717, 1.165) is 36.2 Å². The fourth-order valence-electron chi connectivity index (χ4n) is 2.50. The molecule has 17 heavy (non-hydrogen) atoms. The van der Waals surface area contributed by atoms with Crippen LogP contribution in [0.3, 0.4) is 0 Å². The summed E-state index contributed by atoms with van der Waals surface area (Å²) >= 11 is 0. The van der Waals surface area contributed by atoms with Crippen molar-refractivity contribution in [1.29, 1.82) is 0 Å². The van der Waals surface area contributed by atoms with Crippen molar-refractivity contribution in [2.24, 2.45) is 0 Å². The van der Waals surface area contributed by atoms with E-state index in [1.807, 2.05) is 24.3 Å². The summed E-state index contributed by atoms with van der Waals surface area (Å²) in [5.74, 6) is 0.751. The van der Waals surface area contributed by atoms with Gasteiger partial charge in [-0.3, -0.25) is 4.79 Å². The number of nitrogens with zero attached hydrogens (tertiary/aromatic N) is 1. The summed E-state index contributed by atoms with van der Waals surface area (Å²) in [5, 5.41) is 0.920. The fourth-order valence-corrected chi connectivity index (χ4v) is 2.50. The smallest absolute Gasteiger partial charge is 0.207 e. The Hall–Kier alpha value is -1.77. The molecule has 3 heteroatoms. The van der Waals surface area contributed by atoms with Gasteiger partial charge >= 0.3 is 0 Å². The molecule has 0 unspecified atom stereocenters. The first-order valence-corrected chi connectivity index (χ1v) is 6.12. The fraction of sp³-hybridized carbons (Fsp3) is 0.357. The first-order chi connectivity index (χ1) is 8.40. The number of carbonyl (C=O) groups excluding carboxylic acids is 1. The van der Waals surface area contributed by atoms with Crippen molar-refractivity contribution in [2.75, 3.05) is 18.0 Å². The first-order valence-electron chi connectivity index (χ1n) is 6.12. The minimum absolute atomic E-state index is 0.697. The molecule has 1 aromatic carbocycles. The van der Waals surface area contributed by atoms with Crippen LogP contribution in [0, 0.1) is 0 Å². The largest absolute Gasteiger partial charge is 0.440 e. The molecule has 1 saturated heterocycles. The van der Waals surface area contributed by atoms with Crippen LogP contribution in [0.15, 0.2) is 28.7 Å². The molecule has 3 rings (SSSR count). The topological polar surface area (TPSA) is 33.5 Å².